The lowest BCUT2D eigenvalue weighted by molar-refractivity contribution is -0.173. The summed E-state index contributed by atoms with van der Waals surface area (Å²) >= 11 is 0. The van der Waals surface area contributed by atoms with Crippen LogP contribution in [-0.2, 0) is 18.0 Å². The first kappa shape index (κ1) is 22.0. The number of urea groups is 1. The number of halogens is 4. The molecule has 0 bridgehead atoms. The van der Waals surface area contributed by atoms with Gasteiger partial charge in [0.15, 0.2) is 5.82 Å². The van der Waals surface area contributed by atoms with Gasteiger partial charge in [-0.3, -0.25) is 4.68 Å². The van der Waals surface area contributed by atoms with Crippen LogP contribution in [0.5, 0.6) is 0 Å². The molecule has 1 saturated carbocycles. The SMILES string of the molecule is CC1CCC2CN(C(=O)Nc3cc(-c4ncn(C)n4)c(C(F)(F)F)cc3F)C2(C(=O)O)C1. The average molecular weight is 455 g/mol. The number of carboxylic acid groups (broad SMARTS) is 1. The summed E-state index contributed by atoms with van der Waals surface area (Å²) in [6.45, 7) is 2.08. The molecule has 1 aromatic heterocycles. The van der Waals surface area contributed by atoms with Gasteiger partial charge in [0.2, 0.25) is 0 Å². The van der Waals surface area contributed by atoms with Crippen molar-refractivity contribution in [3.63, 3.8) is 0 Å². The first-order chi connectivity index (χ1) is 14.9. The first-order valence-electron chi connectivity index (χ1n) is 10.0. The highest BCUT2D eigenvalue weighted by Crippen LogP contribution is 2.49. The Morgan fingerprint density at radius 1 is 1.28 bits per heavy atom. The molecule has 2 aliphatic rings. The molecule has 2 N–H and O–H groups in total. The normalized spacial score (nSPS) is 25.1. The molecule has 3 unspecified atom stereocenters. The minimum Gasteiger partial charge on any atom is -0.479 e. The van der Waals surface area contributed by atoms with Gasteiger partial charge in [0.05, 0.1) is 11.3 Å². The van der Waals surface area contributed by atoms with Crippen molar-refractivity contribution < 1.29 is 32.3 Å². The second kappa shape index (κ2) is 7.45. The van der Waals surface area contributed by atoms with Gasteiger partial charge in [0.1, 0.15) is 17.7 Å². The Bertz CT molecular complexity index is 1090. The van der Waals surface area contributed by atoms with Crippen molar-refractivity contribution in [3.05, 3.63) is 29.8 Å². The minimum absolute atomic E-state index is 0.0857. The summed E-state index contributed by atoms with van der Waals surface area (Å²) in [5, 5.41) is 16.0. The second-order valence-corrected chi connectivity index (χ2v) is 8.47. The molecule has 172 valence electrons. The molecule has 2 amide bonds. The molecule has 2 aromatic rings. The van der Waals surface area contributed by atoms with Crippen molar-refractivity contribution in [2.45, 2.75) is 37.9 Å². The molecular weight excluding hydrogens is 434 g/mol. The summed E-state index contributed by atoms with van der Waals surface area (Å²) < 4.78 is 56.2. The van der Waals surface area contributed by atoms with Crippen LogP contribution in [0.15, 0.2) is 18.5 Å². The van der Waals surface area contributed by atoms with Crippen LogP contribution in [-0.4, -0.2) is 48.9 Å². The fourth-order valence-corrected chi connectivity index (χ4v) is 4.74. The van der Waals surface area contributed by atoms with E-state index in [2.05, 4.69) is 15.4 Å². The second-order valence-electron chi connectivity index (χ2n) is 8.47. The monoisotopic (exact) mass is 455 g/mol. The minimum atomic E-state index is -4.88. The van der Waals surface area contributed by atoms with Crippen molar-refractivity contribution in [1.82, 2.24) is 19.7 Å². The number of nitrogens with one attached hydrogen (secondary N) is 1. The van der Waals surface area contributed by atoms with Gasteiger partial charge >= 0.3 is 18.2 Å². The number of likely N-dealkylation sites (tertiary alicyclic amines) is 1. The number of carbonyl (C=O) groups excluding carboxylic acids is 1. The molecule has 2 heterocycles. The molecule has 0 spiro atoms. The zero-order valence-corrected chi connectivity index (χ0v) is 17.3. The van der Waals surface area contributed by atoms with Crippen LogP contribution in [0.2, 0.25) is 0 Å². The number of amides is 2. The van der Waals surface area contributed by atoms with Gasteiger partial charge in [-0.15, -0.1) is 0 Å². The number of aromatic nitrogens is 3. The Morgan fingerprint density at radius 3 is 2.59 bits per heavy atom. The van der Waals surface area contributed by atoms with Gasteiger partial charge < -0.3 is 15.3 Å². The number of aryl methyl sites for hydroxylation is 1. The Morgan fingerprint density at radius 2 is 2.00 bits per heavy atom. The summed E-state index contributed by atoms with van der Waals surface area (Å²) in [5.41, 5.74) is -3.70. The molecule has 1 aliphatic carbocycles. The molecule has 0 radical (unpaired) electrons. The summed E-state index contributed by atoms with van der Waals surface area (Å²) in [6, 6.07) is 0.214. The number of rotatable bonds is 3. The van der Waals surface area contributed by atoms with Gasteiger partial charge in [0, 0.05) is 25.1 Å². The van der Waals surface area contributed by atoms with Gasteiger partial charge in [-0.1, -0.05) is 13.3 Å². The van der Waals surface area contributed by atoms with E-state index in [9.17, 15) is 32.3 Å². The lowest BCUT2D eigenvalue weighted by Gasteiger charge is -2.59. The fourth-order valence-electron chi connectivity index (χ4n) is 4.74. The van der Waals surface area contributed by atoms with E-state index in [0.29, 0.717) is 6.42 Å². The lowest BCUT2D eigenvalue weighted by Crippen LogP contribution is -2.75. The van der Waals surface area contributed by atoms with Crippen LogP contribution in [0.25, 0.3) is 11.4 Å². The topological polar surface area (TPSA) is 100 Å². The van der Waals surface area contributed by atoms with E-state index in [1.54, 1.807) is 0 Å². The highest BCUT2D eigenvalue weighted by molar-refractivity contribution is 5.96. The third kappa shape index (κ3) is 3.47. The standard InChI is InChI=1S/C20H21F4N5O3/c1-10-3-4-11-8-29(19(11,7-10)17(30)31)18(32)26-15-5-12(16-25-9-28(2)27-16)13(6-14(15)21)20(22,23)24/h5-6,9-11H,3-4,7-8H2,1-2H3,(H,26,32)(H,30,31). The number of nitrogens with zero attached hydrogens (tertiary/aromatic N) is 4. The van der Waals surface area contributed by atoms with Gasteiger partial charge in [-0.05, 0) is 30.9 Å². The Kier molecular flexibility index (Phi) is 5.13. The Labute approximate surface area is 180 Å². The van der Waals surface area contributed by atoms with Crippen LogP contribution < -0.4 is 5.32 Å². The Hall–Kier alpha value is -3.18. The number of anilines is 1. The van der Waals surface area contributed by atoms with E-state index in [1.807, 2.05) is 6.92 Å². The molecule has 1 aromatic carbocycles. The van der Waals surface area contributed by atoms with E-state index in [1.165, 1.54) is 18.1 Å². The molecule has 8 nitrogen and oxygen atoms in total. The molecule has 2 fully saturated rings. The Balaban J connectivity index is 1.67. The van der Waals surface area contributed by atoms with E-state index in [0.717, 1.165) is 17.4 Å². The van der Waals surface area contributed by atoms with Crippen LogP contribution >= 0.6 is 0 Å². The van der Waals surface area contributed by atoms with Crippen LogP contribution in [0.4, 0.5) is 28.0 Å². The van der Waals surface area contributed by atoms with Crippen LogP contribution in [0.1, 0.15) is 31.7 Å². The largest absolute Gasteiger partial charge is 0.479 e. The van der Waals surface area contributed by atoms with Crippen molar-refractivity contribution >= 4 is 17.7 Å². The van der Waals surface area contributed by atoms with E-state index in [-0.39, 0.29) is 36.7 Å². The zero-order chi connectivity index (χ0) is 23.4. The third-order valence-electron chi connectivity index (χ3n) is 6.34. The number of hydrogen-bond acceptors (Lipinski definition) is 4. The van der Waals surface area contributed by atoms with E-state index >= 15 is 0 Å². The van der Waals surface area contributed by atoms with Crippen molar-refractivity contribution in [2.24, 2.45) is 18.9 Å². The predicted molar refractivity (Wildman–Crippen MR) is 104 cm³/mol. The molecular formula is C20H21F4N5O3. The first-order valence-corrected chi connectivity index (χ1v) is 10.0. The van der Waals surface area contributed by atoms with Gasteiger partial charge in [-0.25, -0.2) is 19.0 Å². The molecule has 1 aliphatic heterocycles. The summed E-state index contributed by atoms with van der Waals surface area (Å²) in [5.74, 6) is -2.86. The number of alkyl halides is 3. The number of carbonyl (C=O) groups is 2. The maximum absolute atomic E-state index is 14.6. The smallest absolute Gasteiger partial charge is 0.417 e. The predicted octanol–water partition coefficient (Wildman–Crippen LogP) is 3.75. The van der Waals surface area contributed by atoms with Crippen LogP contribution in [0, 0.1) is 17.7 Å². The van der Waals surface area contributed by atoms with E-state index in [4.69, 9.17) is 0 Å². The molecule has 32 heavy (non-hydrogen) atoms. The average Bonchev–Trinajstić information content (AvgIpc) is 3.10. The number of aliphatic carboxylic acids is 1. The molecule has 12 heteroatoms. The van der Waals surface area contributed by atoms with Crippen LogP contribution in [0.3, 0.4) is 0 Å². The maximum Gasteiger partial charge on any atom is 0.417 e. The molecule has 1 saturated heterocycles. The van der Waals surface area contributed by atoms with Gasteiger partial charge in [0.25, 0.3) is 0 Å². The number of carboxylic acids is 1. The fraction of sp³-hybridized carbons (Fsp3) is 0.500. The maximum atomic E-state index is 14.6. The van der Waals surface area contributed by atoms with Crippen molar-refractivity contribution in [2.75, 3.05) is 11.9 Å². The van der Waals surface area contributed by atoms with Crippen molar-refractivity contribution in [1.29, 1.82) is 0 Å². The summed E-state index contributed by atoms with van der Waals surface area (Å²) in [6.07, 6.45) is -1.92. The summed E-state index contributed by atoms with van der Waals surface area (Å²) in [7, 11) is 1.47. The highest BCUT2D eigenvalue weighted by Gasteiger charge is 2.62. The van der Waals surface area contributed by atoms with Crippen molar-refractivity contribution in [3.8, 4) is 11.4 Å². The molecule has 3 atom stereocenters. The van der Waals surface area contributed by atoms with E-state index < -0.39 is 46.3 Å². The quantitative estimate of drug-likeness (QED) is 0.687. The zero-order valence-electron chi connectivity index (χ0n) is 17.3. The molecule has 4 rings (SSSR count). The number of fused-ring (bicyclic) bond motifs is 1. The lowest BCUT2D eigenvalue weighted by atomic mass is 9.62. The number of benzene rings is 1. The third-order valence-corrected chi connectivity index (χ3v) is 6.34. The number of hydrogen-bond donors (Lipinski definition) is 2. The van der Waals surface area contributed by atoms with Gasteiger partial charge in [-0.2, -0.15) is 18.3 Å². The highest BCUT2D eigenvalue weighted by atomic mass is 19.4. The summed E-state index contributed by atoms with van der Waals surface area (Å²) in [4.78, 5) is 29.9.